The minimum atomic E-state index is 0.00167. The standard InChI is InChI=1S/C12H9N3O/c13-9-10-7(3-1-5-14-10)8-4-2-6-15-11(8)12(9)16/h1-6,16H,13H2. The quantitative estimate of drug-likeness (QED) is 0.339. The van der Waals surface area contributed by atoms with Crippen molar-refractivity contribution in [3.8, 4) is 5.75 Å². The van der Waals surface area contributed by atoms with Crippen LogP contribution in [0.1, 0.15) is 0 Å². The van der Waals surface area contributed by atoms with Crippen molar-refractivity contribution in [1.82, 2.24) is 9.97 Å². The van der Waals surface area contributed by atoms with E-state index in [1.807, 2.05) is 24.3 Å². The first-order chi connectivity index (χ1) is 7.79. The number of pyridine rings is 2. The number of fused-ring (bicyclic) bond motifs is 3. The first-order valence-electron chi connectivity index (χ1n) is 4.89. The maximum atomic E-state index is 9.93. The molecule has 4 heteroatoms. The molecular weight excluding hydrogens is 202 g/mol. The van der Waals surface area contributed by atoms with Crippen molar-refractivity contribution in [1.29, 1.82) is 0 Å². The number of hydrogen-bond acceptors (Lipinski definition) is 4. The van der Waals surface area contributed by atoms with Gasteiger partial charge in [0.25, 0.3) is 0 Å². The first kappa shape index (κ1) is 8.91. The number of anilines is 1. The Bertz CT molecular complexity index is 633. The highest BCUT2D eigenvalue weighted by Gasteiger charge is 2.12. The zero-order chi connectivity index (χ0) is 11.1. The first-order valence-corrected chi connectivity index (χ1v) is 4.89. The van der Waals surface area contributed by atoms with Gasteiger partial charge in [-0.3, -0.25) is 9.97 Å². The van der Waals surface area contributed by atoms with Crippen LogP contribution in [-0.2, 0) is 0 Å². The minimum Gasteiger partial charge on any atom is -0.504 e. The van der Waals surface area contributed by atoms with Crippen molar-refractivity contribution in [3.63, 3.8) is 0 Å². The lowest BCUT2D eigenvalue weighted by molar-refractivity contribution is 0.483. The van der Waals surface area contributed by atoms with E-state index < -0.39 is 0 Å². The normalized spacial score (nSPS) is 11.0. The van der Waals surface area contributed by atoms with Gasteiger partial charge in [-0.25, -0.2) is 0 Å². The van der Waals surface area contributed by atoms with Gasteiger partial charge < -0.3 is 10.8 Å². The molecule has 2 aromatic heterocycles. The summed E-state index contributed by atoms with van der Waals surface area (Å²) < 4.78 is 0. The SMILES string of the molecule is Nc1c(O)c2ncccc2c2cccnc12. The maximum absolute atomic E-state index is 9.93. The third-order valence-corrected chi connectivity index (χ3v) is 2.64. The Morgan fingerprint density at radius 2 is 1.50 bits per heavy atom. The van der Waals surface area contributed by atoms with Crippen LogP contribution in [-0.4, -0.2) is 15.1 Å². The highest BCUT2D eigenvalue weighted by molar-refractivity contribution is 6.13. The van der Waals surface area contributed by atoms with Crippen LogP contribution in [0.5, 0.6) is 5.75 Å². The number of nitrogens with zero attached hydrogens (tertiary/aromatic N) is 2. The lowest BCUT2D eigenvalue weighted by Gasteiger charge is -2.07. The van der Waals surface area contributed by atoms with Crippen molar-refractivity contribution < 1.29 is 5.11 Å². The molecule has 78 valence electrons. The topological polar surface area (TPSA) is 72.0 Å². The molecule has 0 radical (unpaired) electrons. The highest BCUT2D eigenvalue weighted by Crippen LogP contribution is 2.36. The van der Waals surface area contributed by atoms with Crippen molar-refractivity contribution in [3.05, 3.63) is 36.7 Å². The molecule has 0 aliphatic heterocycles. The molecule has 16 heavy (non-hydrogen) atoms. The Morgan fingerprint density at radius 3 is 2.19 bits per heavy atom. The van der Waals surface area contributed by atoms with Gasteiger partial charge in [0.1, 0.15) is 11.2 Å². The highest BCUT2D eigenvalue weighted by atomic mass is 16.3. The van der Waals surface area contributed by atoms with E-state index in [-0.39, 0.29) is 11.4 Å². The lowest BCUT2D eigenvalue weighted by Crippen LogP contribution is -1.93. The third kappa shape index (κ3) is 1.04. The molecule has 0 aliphatic rings. The fraction of sp³-hybridized carbons (Fsp3) is 0. The summed E-state index contributed by atoms with van der Waals surface area (Å²) in [5.74, 6) is 0.00167. The van der Waals surface area contributed by atoms with Gasteiger partial charge in [-0.1, -0.05) is 12.1 Å². The molecule has 1 aromatic carbocycles. The zero-order valence-corrected chi connectivity index (χ0v) is 8.38. The van der Waals surface area contributed by atoms with Crippen LogP contribution in [0.25, 0.3) is 21.8 Å². The average Bonchev–Trinajstić information content (AvgIpc) is 2.36. The molecule has 0 spiro atoms. The monoisotopic (exact) mass is 211 g/mol. The summed E-state index contributed by atoms with van der Waals surface area (Å²) in [4.78, 5) is 8.31. The summed E-state index contributed by atoms with van der Waals surface area (Å²) in [6, 6.07) is 7.48. The summed E-state index contributed by atoms with van der Waals surface area (Å²) in [6.45, 7) is 0. The van der Waals surface area contributed by atoms with Crippen molar-refractivity contribution in [2.75, 3.05) is 5.73 Å². The summed E-state index contributed by atoms with van der Waals surface area (Å²) >= 11 is 0. The molecule has 0 saturated carbocycles. The van der Waals surface area contributed by atoms with Crippen LogP contribution in [0, 0.1) is 0 Å². The van der Waals surface area contributed by atoms with Gasteiger partial charge in [0, 0.05) is 23.2 Å². The second-order valence-electron chi connectivity index (χ2n) is 3.56. The number of benzene rings is 1. The predicted octanol–water partition coefficient (Wildman–Crippen LogP) is 2.07. The van der Waals surface area contributed by atoms with Crippen molar-refractivity contribution in [2.24, 2.45) is 0 Å². The largest absolute Gasteiger partial charge is 0.504 e. The predicted molar refractivity (Wildman–Crippen MR) is 63.1 cm³/mol. The fourth-order valence-corrected chi connectivity index (χ4v) is 1.89. The molecule has 0 bridgehead atoms. The molecule has 0 unspecified atom stereocenters. The zero-order valence-electron chi connectivity index (χ0n) is 8.38. The number of phenolic OH excluding ortho intramolecular Hbond substituents is 1. The van der Waals surface area contributed by atoms with Crippen LogP contribution in [0.15, 0.2) is 36.7 Å². The smallest absolute Gasteiger partial charge is 0.167 e. The molecular formula is C12H9N3O. The number of aromatic hydroxyl groups is 1. The second kappa shape index (κ2) is 3.06. The van der Waals surface area contributed by atoms with Crippen LogP contribution >= 0.6 is 0 Å². The van der Waals surface area contributed by atoms with Crippen LogP contribution in [0.2, 0.25) is 0 Å². The summed E-state index contributed by atoms with van der Waals surface area (Å²) in [5.41, 5.74) is 7.24. The molecule has 3 rings (SSSR count). The summed E-state index contributed by atoms with van der Waals surface area (Å²) in [5, 5.41) is 11.7. The van der Waals surface area contributed by atoms with Crippen LogP contribution < -0.4 is 5.73 Å². The van der Waals surface area contributed by atoms with E-state index in [1.54, 1.807) is 12.4 Å². The second-order valence-corrected chi connectivity index (χ2v) is 3.56. The molecule has 0 saturated heterocycles. The van der Waals surface area contributed by atoms with Gasteiger partial charge in [-0.15, -0.1) is 0 Å². The Morgan fingerprint density at radius 1 is 0.938 bits per heavy atom. The summed E-state index contributed by atoms with van der Waals surface area (Å²) in [6.07, 6.45) is 3.28. The molecule has 4 nitrogen and oxygen atoms in total. The lowest BCUT2D eigenvalue weighted by atomic mass is 10.1. The molecule has 0 fully saturated rings. The third-order valence-electron chi connectivity index (χ3n) is 2.64. The Labute approximate surface area is 91.4 Å². The van der Waals surface area contributed by atoms with E-state index in [1.165, 1.54) is 0 Å². The van der Waals surface area contributed by atoms with E-state index >= 15 is 0 Å². The van der Waals surface area contributed by atoms with E-state index in [4.69, 9.17) is 5.73 Å². The van der Waals surface area contributed by atoms with Gasteiger partial charge in [0.2, 0.25) is 0 Å². The maximum Gasteiger partial charge on any atom is 0.167 e. The number of phenols is 1. The van der Waals surface area contributed by atoms with E-state index in [9.17, 15) is 5.11 Å². The number of aromatic nitrogens is 2. The fourth-order valence-electron chi connectivity index (χ4n) is 1.89. The molecule has 3 aromatic rings. The van der Waals surface area contributed by atoms with E-state index in [0.717, 1.165) is 10.8 Å². The molecule has 0 atom stereocenters. The van der Waals surface area contributed by atoms with Gasteiger partial charge in [0.15, 0.2) is 5.75 Å². The number of nitrogen functional groups attached to an aromatic ring is 1. The molecule has 2 heterocycles. The molecule has 0 aliphatic carbocycles. The summed E-state index contributed by atoms with van der Waals surface area (Å²) in [7, 11) is 0. The number of nitrogens with two attached hydrogens (primary N) is 1. The number of hydrogen-bond donors (Lipinski definition) is 2. The Kier molecular flexibility index (Phi) is 1.71. The van der Waals surface area contributed by atoms with Gasteiger partial charge in [-0.2, -0.15) is 0 Å². The van der Waals surface area contributed by atoms with Crippen molar-refractivity contribution >= 4 is 27.5 Å². The Balaban J connectivity index is 2.69. The van der Waals surface area contributed by atoms with Gasteiger partial charge in [0.05, 0.1) is 5.52 Å². The van der Waals surface area contributed by atoms with Crippen LogP contribution in [0.4, 0.5) is 5.69 Å². The number of rotatable bonds is 0. The average molecular weight is 211 g/mol. The van der Waals surface area contributed by atoms with E-state index in [2.05, 4.69) is 9.97 Å². The van der Waals surface area contributed by atoms with Gasteiger partial charge >= 0.3 is 0 Å². The van der Waals surface area contributed by atoms with Gasteiger partial charge in [-0.05, 0) is 12.1 Å². The van der Waals surface area contributed by atoms with Crippen LogP contribution in [0.3, 0.4) is 0 Å². The molecule has 0 amide bonds. The molecule has 3 N–H and O–H groups in total. The Hall–Kier alpha value is -2.36. The van der Waals surface area contributed by atoms with Crippen molar-refractivity contribution in [2.45, 2.75) is 0 Å². The minimum absolute atomic E-state index is 0.00167. The van der Waals surface area contributed by atoms with E-state index in [0.29, 0.717) is 11.0 Å².